The SMILES string of the molecule is COc1nc(N(C)C)sc1CNCC1CCC(O)C1. The van der Waals surface area contributed by atoms with E-state index < -0.39 is 0 Å². The molecule has 1 aromatic heterocycles. The quantitative estimate of drug-likeness (QED) is 0.829. The molecule has 1 saturated carbocycles. The number of aliphatic hydroxyl groups excluding tert-OH is 1. The Kier molecular flexibility index (Phi) is 5.01. The van der Waals surface area contributed by atoms with Crippen LogP contribution in [0.25, 0.3) is 0 Å². The molecule has 2 atom stereocenters. The van der Waals surface area contributed by atoms with E-state index in [1.807, 2.05) is 19.0 Å². The second kappa shape index (κ2) is 6.54. The van der Waals surface area contributed by atoms with Crippen molar-refractivity contribution in [2.24, 2.45) is 5.92 Å². The van der Waals surface area contributed by atoms with Gasteiger partial charge < -0.3 is 20.1 Å². The van der Waals surface area contributed by atoms with Crippen LogP contribution in [0.15, 0.2) is 0 Å². The Morgan fingerprint density at radius 1 is 1.47 bits per heavy atom. The summed E-state index contributed by atoms with van der Waals surface area (Å²) in [7, 11) is 5.62. The van der Waals surface area contributed by atoms with E-state index >= 15 is 0 Å². The van der Waals surface area contributed by atoms with E-state index in [4.69, 9.17) is 4.74 Å². The normalized spacial score (nSPS) is 22.7. The molecule has 2 unspecified atom stereocenters. The van der Waals surface area contributed by atoms with Gasteiger partial charge in [-0.05, 0) is 31.7 Å². The van der Waals surface area contributed by atoms with Crippen molar-refractivity contribution in [3.8, 4) is 5.88 Å². The molecule has 0 saturated heterocycles. The molecule has 2 N–H and O–H groups in total. The first kappa shape index (κ1) is 14.6. The Balaban J connectivity index is 1.84. The van der Waals surface area contributed by atoms with Crippen LogP contribution in [-0.2, 0) is 6.54 Å². The summed E-state index contributed by atoms with van der Waals surface area (Å²) in [6, 6.07) is 0. The van der Waals surface area contributed by atoms with Crippen molar-refractivity contribution in [1.29, 1.82) is 0 Å². The number of ether oxygens (including phenoxy) is 1. The lowest BCUT2D eigenvalue weighted by molar-refractivity contribution is 0.177. The second-order valence-corrected chi connectivity index (χ2v) is 6.35. The third-order valence-corrected chi connectivity index (χ3v) is 4.66. The van der Waals surface area contributed by atoms with Crippen LogP contribution < -0.4 is 15.0 Å². The van der Waals surface area contributed by atoms with E-state index in [2.05, 4.69) is 10.3 Å². The maximum Gasteiger partial charge on any atom is 0.230 e. The third kappa shape index (κ3) is 3.81. The van der Waals surface area contributed by atoms with Crippen LogP contribution in [0.4, 0.5) is 5.13 Å². The minimum atomic E-state index is -0.0925. The molecule has 5 nitrogen and oxygen atoms in total. The number of hydrogen-bond acceptors (Lipinski definition) is 6. The van der Waals surface area contributed by atoms with Crippen LogP contribution in [0, 0.1) is 5.92 Å². The molecule has 1 aromatic rings. The third-order valence-electron chi connectivity index (χ3n) is 3.46. The number of aliphatic hydroxyl groups is 1. The Bertz CT molecular complexity index is 409. The van der Waals surface area contributed by atoms with Crippen molar-refractivity contribution in [2.75, 3.05) is 32.6 Å². The van der Waals surface area contributed by atoms with Gasteiger partial charge in [0, 0.05) is 20.6 Å². The lowest BCUT2D eigenvalue weighted by atomic mass is 10.1. The molecule has 0 amide bonds. The van der Waals surface area contributed by atoms with Crippen LogP contribution in [0.1, 0.15) is 24.1 Å². The first-order chi connectivity index (χ1) is 9.10. The predicted octanol–water partition coefficient (Wildman–Crippen LogP) is 1.47. The zero-order valence-electron chi connectivity index (χ0n) is 11.8. The average molecular weight is 285 g/mol. The van der Waals surface area contributed by atoms with Gasteiger partial charge in [-0.3, -0.25) is 0 Å². The van der Waals surface area contributed by atoms with Gasteiger partial charge in [-0.2, -0.15) is 4.98 Å². The minimum absolute atomic E-state index is 0.0925. The molecule has 0 aromatic carbocycles. The lowest BCUT2D eigenvalue weighted by Gasteiger charge is -2.10. The first-order valence-corrected chi connectivity index (χ1v) is 7.51. The molecule has 0 radical (unpaired) electrons. The van der Waals surface area contributed by atoms with Gasteiger partial charge in [-0.25, -0.2) is 0 Å². The molecule has 2 rings (SSSR count). The van der Waals surface area contributed by atoms with E-state index in [1.54, 1.807) is 18.4 Å². The van der Waals surface area contributed by atoms with Gasteiger partial charge in [-0.15, -0.1) is 0 Å². The number of methoxy groups -OCH3 is 1. The fourth-order valence-electron chi connectivity index (χ4n) is 2.41. The molecule has 19 heavy (non-hydrogen) atoms. The largest absolute Gasteiger partial charge is 0.480 e. The smallest absolute Gasteiger partial charge is 0.230 e. The highest BCUT2D eigenvalue weighted by atomic mass is 32.1. The van der Waals surface area contributed by atoms with Crippen LogP contribution in [0.2, 0.25) is 0 Å². The van der Waals surface area contributed by atoms with Crippen LogP contribution in [0.3, 0.4) is 0 Å². The van der Waals surface area contributed by atoms with Gasteiger partial charge in [0.05, 0.1) is 18.1 Å². The highest BCUT2D eigenvalue weighted by Gasteiger charge is 2.22. The minimum Gasteiger partial charge on any atom is -0.480 e. The Morgan fingerprint density at radius 3 is 2.84 bits per heavy atom. The summed E-state index contributed by atoms with van der Waals surface area (Å²) < 4.78 is 5.31. The second-order valence-electron chi connectivity index (χ2n) is 5.29. The molecule has 0 aliphatic heterocycles. The number of anilines is 1. The van der Waals surface area contributed by atoms with Crippen LogP contribution in [0.5, 0.6) is 5.88 Å². The topological polar surface area (TPSA) is 57.6 Å². The van der Waals surface area contributed by atoms with E-state index in [0.29, 0.717) is 11.8 Å². The number of rotatable bonds is 6. The fraction of sp³-hybridized carbons (Fsp3) is 0.769. The van der Waals surface area contributed by atoms with Crippen molar-refractivity contribution in [3.05, 3.63) is 4.88 Å². The Hall–Kier alpha value is -0.850. The highest BCUT2D eigenvalue weighted by molar-refractivity contribution is 7.15. The van der Waals surface area contributed by atoms with Crippen LogP contribution >= 0.6 is 11.3 Å². The van der Waals surface area contributed by atoms with Gasteiger partial charge >= 0.3 is 0 Å². The van der Waals surface area contributed by atoms with E-state index in [0.717, 1.165) is 42.4 Å². The molecule has 1 heterocycles. The van der Waals surface area contributed by atoms with Gasteiger partial charge in [0.25, 0.3) is 0 Å². The number of aromatic nitrogens is 1. The maximum atomic E-state index is 9.50. The summed E-state index contributed by atoms with van der Waals surface area (Å²) in [5.41, 5.74) is 0. The number of thiazole rings is 1. The van der Waals surface area contributed by atoms with Crippen LogP contribution in [-0.4, -0.2) is 43.9 Å². The maximum absolute atomic E-state index is 9.50. The molecule has 6 heteroatoms. The molecular weight excluding hydrogens is 262 g/mol. The van der Waals surface area contributed by atoms with Crippen molar-refractivity contribution >= 4 is 16.5 Å². The fourth-order valence-corrected chi connectivity index (χ4v) is 3.33. The van der Waals surface area contributed by atoms with Gasteiger partial charge in [0.15, 0.2) is 5.13 Å². The monoisotopic (exact) mass is 285 g/mol. The van der Waals surface area contributed by atoms with E-state index in [1.165, 1.54) is 0 Å². The van der Waals surface area contributed by atoms with Gasteiger partial charge in [0.1, 0.15) is 0 Å². The van der Waals surface area contributed by atoms with Crippen molar-refractivity contribution < 1.29 is 9.84 Å². The molecule has 1 aliphatic carbocycles. The van der Waals surface area contributed by atoms with E-state index in [-0.39, 0.29) is 6.10 Å². The molecule has 1 aliphatic rings. The zero-order valence-corrected chi connectivity index (χ0v) is 12.7. The molecular formula is C13H23N3O2S. The first-order valence-electron chi connectivity index (χ1n) is 6.70. The summed E-state index contributed by atoms with van der Waals surface area (Å²) in [5.74, 6) is 1.31. The molecule has 1 fully saturated rings. The Morgan fingerprint density at radius 2 is 2.26 bits per heavy atom. The lowest BCUT2D eigenvalue weighted by Crippen LogP contribution is -2.21. The summed E-state index contributed by atoms with van der Waals surface area (Å²) in [6.07, 6.45) is 2.90. The molecule has 108 valence electrons. The molecule has 0 spiro atoms. The predicted molar refractivity (Wildman–Crippen MR) is 78.0 cm³/mol. The van der Waals surface area contributed by atoms with Crippen molar-refractivity contribution in [2.45, 2.75) is 31.9 Å². The average Bonchev–Trinajstić information content (AvgIpc) is 2.96. The van der Waals surface area contributed by atoms with Crippen molar-refractivity contribution in [1.82, 2.24) is 10.3 Å². The zero-order chi connectivity index (χ0) is 13.8. The summed E-state index contributed by atoms with van der Waals surface area (Å²) in [4.78, 5) is 7.55. The number of nitrogens with one attached hydrogen (secondary N) is 1. The summed E-state index contributed by atoms with van der Waals surface area (Å²) in [6.45, 7) is 1.73. The Labute approximate surface area is 118 Å². The standard InChI is InChI=1S/C13H23N3O2S/c1-16(2)13-15-12(18-3)11(19-13)8-14-7-9-4-5-10(17)6-9/h9-10,14,17H,4-8H2,1-3H3. The molecule has 0 bridgehead atoms. The summed E-state index contributed by atoms with van der Waals surface area (Å²) in [5, 5.41) is 13.9. The summed E-state index contributed by atoms with van der Waals surface area (Å²) >= 11 is 1.65. The van der Waals surface area contributed by atoms with E-state index in [9.17, 15) is 5.11 Å². The van der Waals surface area contributed by atoms with Gasteiger partial charge in [-0.1, -0.05) is 11.3 Å². The number of hydrogen-bond donors (Lipinski definition) is 2. The highest BCUT2D eigenvalue weighted by Crippen LogP contribution is 2.30. The van der Waals surface area contributed by atoms with Gasteiger partial charge in [0.2, 0.25) is 5.88 Å². The van der Waals surface area contributed by atoms with Crippen molar-refractivity contribution in [3.63, 3.8) is 0 Å². The number of nitrogens with zero attached hydrogens (tertiary/aromatic N) is 2.